The number of ether oxygens (including phenoxy) is 1. The van der Waals surface area contributed by atoms with Crippen molar-refractivity contribution in [2.45, 2.75) is 19.8 Å². The van der Waals surface area contributed by atoms with Crippen LogP contribution in [-0.2, 0) is 4.79 Å². The third-order valence-electron chi connectivity index (χ3n) is 3.16. The number of hydrogen-bond acceptors (Lipinski definition) is 3. The fourth-order valence-electron chi connectivity index (χ4n) is 2.03. The van der Waals surface area contributed by atoms with Gasteiger partial charge in [-0.25, -0.2) is 5.43 Å². The van der Waals surface area contributed by atoms with Crippen molar-refractivity contribution in [3.63, 3.8) is 0 Å². The largest absolute Gasteiger partial charge is 0.482 e. The molecule has 2 aromatic rings. The van der Waals surface area contributed by atoms with Crippen molar-refractivity contribution in [2.24, 2.45) is 5.10 Å². The number of carbonyl (C=O) groups excluding carboxylic acids is 1. The topological polar surface area (TPSA) is 50.7 Å². The Morgan fingerprint density at radius 2 is 1.92 bits per heavy atom. The summed E-state index contributed by atoms with van der Waals surface area (Å²) < 4.78 is 5.38. The van der Waals surface area contributed by atoms with Gasteiger partial charge in [-0.2, -0.15) is 5.10 Å². The number of amides is 1. The Kier molecular flexibility index (Phi) is 7.09. The van der Waals surface area contributed by atoms with Crippen LogP contribution >= 0.6 is 23.2 Å². The minimum absolute atomic E-state index is 0.182. The molecule has 0 saturated carbocycles. The van der Waals surface area contributed by atoms with Crippen molar-refractivity contribution in [1.82, 2.24) is 5.43 Å². The molecule has 0 bridgehead atoms. The van der Waals surface area contributed by atoms with E-state index >= 15 is 0 Å². The number of hydrazone groups is 1. The van der Waals surface area contributed by atoms with Crippen LogP contribution in [0.5, 0.6) is 5.75 Å². The normalized spacial score (nSPS) is 11.2. The predicted molar refractivity (Wildman–Crippen MR) is 98.0 cm³/mol. The Balaban J connectivity index is 1.95. The van der Waals surface area contributed by atoms with Crippen LogP contribution in [0.1, 0.15) is 25.3 Å². The zero-order valence-electron chi connectivity index (χ0n) is 13.3. The molecule has 0 radical (unpaired) electrons. The maximum Gasteiger partial charge on any atom is 0.277 e. The number of nitrogens with zero attached hydrogens (tertiary/aromatic N) is 1. The lowest BCUT2D eigenvalue weighted by Gasteiger charge is -2.09. The molecule has 2 aromatic carbocycles. The summed E-state index contributed by atoms with van der Waals surface area (Å²) in [6.07, 6.45) is 1.70. The Labute approximate surface area is 151 Å². The number of benzene rings is 2. The Bertz CT molecular complexity index is 718. The molecule has 1 amide bonds. The van der Waals surface area contributed by atoms with Gasteiger partial charge in [-0.1, -0.05) is 66.9 Å². The van der Waals surface area contributed by atoms with E-state index in [9.17, 15) is 4.79 Å². The smallest absolute Gasteiger partial charge is 0.277 e. The first kappa shape index (κ1) is 18.3. The highest BCUT2D eigenvalue weighted by Crippen LogP contribution is 2.27. The van der Waals surface area contributed by atoms with E-state index in [1.165, 1.54) is 0 Å². The van der Waals surface area contributed by atoms with Crippen molar-refractivity contribution in [3.8, 4) is 5.75 Å². The van der Waals surface area contributed by atoms with Gasteiger partial charge in [-0.05, 0) is 30.2 Å². The van der Waals surface area contributed by atoms with E-state index < -0.39 is 0 Å². The molecule has 0 saturated heterocycles. The molecule has 4 nitrogen and oxygen atoms in total. The Hall–Kier alpha value is -2.04. The summed E-state index contributed by atoms with van der Waals surface area (Å²) >= 11 is 11.8. The quantitative estimate of drug-likeness (QED) is 0.572. The van der Waals surface area contributed by atoms with Gasteiger partial charge in [-0.3, -0.25) is 4.79 Å². The van der Waals surface area contributed by atoms with E-state index in [1.54, 1.807) is 18.2 Å². The molecule has 0 spiro atoms. The van der Waals surface area contributed by atoms with Crippen molar-refractivity contribution >= 4 is 34.8 Å². The maximum atomic E-state index is 11.9. The molecule has 0 atom stereocenters. The van der Waals surface area contributed by atoms with Crippen LogP contribution in [0.15, 0.2) is 53.6 Å². The Morgan fingerprint density at radius 3 is 2.58 bits per heavy atom. The van der Waals surface area contributed by atoms with Gasteiger partial charge in [0.1, 0.15) is 5.75 Å². The molecule has 0 aliphatic heterocycles. The minimum atomic E-state index is -0.356. The first-order valence-electron chi connectivity index (χ1n) is 7.59. The standard InChI is InChI=1S/C18H18Cl2N2O2/c1-2-6-16(13-7-4-3-5-8-13)21-22-18(23)12-24-17-10-9-14(19)11-15(17)20/h3-5,7-11H,2,6,12H2,1H3,(H,22,23)/b21-16-. The molecular weight excluding hydrogens is 347 g/mol. The van der Waals surface area contributed by atoms with E-state index in [0.29, 0.717) is 15.8 Å². The van der Waals surface area contributed by atoms with Gasteiger partial charge in [0.15, 0.2) is 6.61 Å². The molecule has 0 fully saturated rings. The van der Waals surface area contributed by atoms with Gasteiger partial charge < -0.3 is 4.74 Å². The van der Waals surface area contributed by atoms with Crippen LogP contribution in [-0.4, -0.2) is 18.2 Å². The molecule has 0 heterocycles. The van der Waals surface area contributed by atoms with Gasteiger partial charge in [0, 0.05) is 5.02 Å². The summed E-state index contributed by atoms with van der Waals surface area (Å²) in [4.78, 5) is 11.9. The minimum Gasteiger partial charge on any atom is -0.482 e. The molecule has 0 unspecified atom stereocenters. The zero-order chi connectivity index (χ0) is 17.4. The van der Waals surface area contributed by atoms with Crippen molar-refractivity contribution in [3.05, 3.63) is 64.1 Å². The van der Waals surface area contributed by atoms with Crippen LogP contribution in [0.25, 0.3) is 0 Å². The molecule has 6 heteroatoms. The third-order valence-corrected chi connectivity index (χ3v) is 3.69. The monoisotopic (exact) mass is 364 g/mol. The third kappa shape index (κ3) is 5.55. The average molecular weight is 365 g/mol. The summed E-state index contributed by atoms with van der Waals surface area (Å²) in [5.74, 6) is 0.0441. The Morgan fingerprint density at radius 1 is 1.17 bits per heavy atom. The first-order chi connectivity index (χ1) is 11.6. The SMILES string of the molecule is CCC/C(=N/NC(=O)COc1ccc(Cl)cc1Cl)c1ccccc1. The second kappa shape index (κ2) is 9.30. The zero-order valence-corrected chi connectivity index (χ0v) is 14.8. The molecule has 0 aliphatic carbocycles. The number of carbonyl (C=O) groups is 1. The summed E-state index contributed by atoms with van der Waals surface area (Å²) in [6, 6.07) is 14.6. The fourth-order valence-corrected chi connectivity index (χ4v) is 2.49. The molecule has 0 aliphatic rings. The lowest BCUT2D eigenvalue weighted by molar-refractivity contribution is -0.123. The van der Waals surface area contributed by atoms with E-state index in [2.05, 4.69) is 17.5 Å². The lowest BCUT2D eigenvalue weighted by atomic mass is 10.1. The lowest BCUT2D eigenvalue weighted by Crippen LogP contribution is -2.26. The molecule has 0 aromatic heterocycles. The fraction of sp³-hybridized carbons (Fsp3) is 0.222. The van der Waals surface area contributed by atoms with Crippen molar-refractivity contribution in [2.75, 3.05) is 6.61 Å². The predicted octanol–water partition coefficient (Wildman–Crippen LogP) is 4.69. The number of halogens is 2. The number of rotatable bonds is 7. The van der Waals surface area contributed by atoms with Gasteiger partial charge in [-0.15, -0.1) is 0 Å². The highest BCUT2D eigenvalue weighted by atomic mass is 35.5. The average Bonchev–Trinajstić information content (AvgIpc) is 2.58. The first-order valence-corrected chi connectivity index (χ1v) is 8.34. The summed E-state index contributed by atoms with van der Waals surface area (Å²) in [5.41, 5.74) is 4.34. The van der Waals surface area contributed by atoms with Crippen LogP contribution in [0, 0.1) is 0 Å². The van der Waals surface area contributed by atoms with Gasteiger partial charge >= 0.3 is 0 Å². The van der Waals surface area contributed by atoms with E-state index in [0.717, 1.165) is 24.1 Å². The van der Waals surface area contributed by atoms with Gasteiger partial charge in [0.2, 0.25) is 0 Å². The molecule has 126 valence electrons. The maximum absolute atomic E-state index is 11.9. The molecule has 2 rings (SSSR count). The van der Waals surface area contributed by atoms with Gasteiger partial charge in [0.25, 0.3) is 5.91 Å². The number of nitrogens with one attached hydrogen (secondary N) is 1. The van der Waals surface area contributed by atoms with Crippen LogP contribution < -0.4 is 10.2 Å². The van der Waals surface area contributed by atoms with Crippen LogP contribution in [0.3, 0.4) is 0 Å². The van der Waals surface area contributed by atoms with Gasteiger partial charge in [0.05, 0.1) is 10.7 Å². The summed E-state index contributed by atoms with van der Waals surface area (Å²) in [6.45, 7) is 1.88. The molecule has 1 N–H and O–H groups in total. The summed E-state index contributed by atoms with van der Waals surface area (Å²) in [5, 5.41) is 5.08. The summed E-state index contributed by atoms with van der Waals surface area (Å²) in [7, 11) is 0. The van der Waals surface area contributed by atoms with Crippen molar-refractivity contribution < 1.29 is 9.53 Å². The van der Waals surface area contributed by atoms with Crippen LogP contribution in [0.2, 0.25) is 10.0 Å². The second-order valence-electron chi connectivity index (χ2n) is 5.07. The highest BCUT2D eigenvalue weighted by molar-refractivity contribution is 6.35. The molecular formula is C18H18Cl2N2O2. The van der Waals surface area contributed by atoms with E-state index in [-0.39, 0.29) is 12.5 Å². The van der Waals surface area contributed by atoms with E-state index in [4.69, 9.17) is 27.9 Å². The van der Waals surface area contributed by atoms with Crippen LogP contribution in [0.4, 0.5) is 0 Å². The molecule has 24 heavy (non-hydrogen) atoms. The number of hydrogen-bond donors (Lipinski definition) is 1. The second-order valence-corrected chi connectivity index (χ2v) is 5.92. The highest BCUT2D eigenvalue weighted by Gasteiger charge is 2.07. The van der Waals surface area contributed by atoms with E-state index in [1.807, 2.05) is 30.3 Å². The van der Waals surface area contributed by atoms with Crippen molar-refractivity contribution in [1.29, 1.82) is 0 Å².